The second-order valence-corrected chi connectivity index (χ2v) is 4.25. The van der Waals surface area contributed by atoms with Gasteiger partial charge in [0.25, 0.3) is 0 Å². The average molecular weight is 239 g/mol. The van der Waals surface area contributed by atoms with Gasteiger partial charge >= 0.3 is 0 Å². The van der Waals surface area contributed by atoms with Crippen molar-refractivity contribution in [3.63, 3.8) is 0 Å². The smallest absolute Gasteiger partial charge is 0.159 e. The zero-order chi connectivity index (χ0) is 12.3. The lowest BCUT2D eigenvalue weighted by atomic mass is 9.98. The van der Waals surface area contributed by atoms with E-state index in [1.807, 2.05) is 20.0 Å². The van der Waals surface area contributed by atoms with Gasteiger partial charge in [-0.25, -0.2) is 4.39 Å². The monoisotopic (exact) mass is 239 g/mol. The highest BCUT2D eigenvalue weighted by atomic mass is 19.1. The Hall–Kier alpha value is -0.970. The van der Waals surface area contributed by atoms with Crippen LogP contribution in [-0.2, 0) is 9.47 Å². The largest absolute Gasteiger partial charge is 0.350 e. The average Bonchev–Trinajstić information content (AvgIpc) is 2.79. The van der Waals surface area contributed by atoms with Gasteiger partial charge in [0, 0.05) is 12.5 Å². The third kappa shape index (κ3) is 3.03. The van der Waals surface area contributed by atoms with Crippen LogP contribution in [0.15, 0.2) is 18.2 Å². The van der Waals surface area contributed by atoms with E-state index in [0.29, 0.717) is 13.2 Å². The van der Waals surface area contributed by atoms with Crippen LogP contribution in [-0.4, -0.2) is 26.6 Å². The van der Waals surface area contributed by atoms with Gasteiger partial charge in [-0.3, -0.25) is 0 Å². The van der Waals surface area contributed by atoms with Crippen molar-refractivity contribution in [1.29, 1.82) is 0 Å². The molecule has 1 aromatic carbocycles. The van der Waals surface area contributed by atoms with Gasteiger partial charge in [-0.05, 0) is 37.2 Å². The summed E-state index contributed by atoms with van der Waals surface area (Å²) < 4.78 is 23.9. The maximum Gasteiger partial charge on any atom is 0.159 e. The molecule has 0 bridgehead atoms. The number of rotatable bonds is 4. The van der Waals surface area contributed by atoms with Crippen molar-refractivity contribution >= 4 is 0 Å². The minimum atomic E-state index is -0.200. The molecule has 1 aliphatic heterocycles. The molecule has 0 radical (unpaired) electrons. The summed E-state index contributed by atoms with van der Waals surface area (Å²) in [5.74, 6) is -0.200. The third-order valence-corrected chi connectivity index (χ3v) is 3.07. The Labute approximate surface area is 101 Å². The van der Waals surface area contributed by atoms with Crippen molar-refractivity contribution in [2.75, 3.05) is 20.3 Å². The van der Waals surface area contributed by atoms with Gasteiger partial charge in [0.05, 0.1) is 13.2 Å². The van der Waals surface area contributed by atoms with E-state index in [4.69, 9.17) is 9.47 Å². The van der Waals surface area contributed by atoms with Gasteiger partial charge < -0.3 is 14.8 Å². The summed E-state index contributed by atoms with van der Waals surface area (Å²) >= 11 is 0. The highest BCUT2D eigenvalue weighted by molar-refractivity contribution is 5.29. The van der Waals surface area contributed by atoms with Crippen LogP contribution in [0.2, 0.25) is 0 Å². The Morgan fingerprint density at radius 3 is 2.71 bits per heavy atom. The number of nitrogens with one attached hydrogen (secondary N) is 1. The topological polar surface area (TPSA) is 30.5 Å². The zero-order valence-electron chi connectivity index (χ0n) is 10.2. The fourth-order valence-electron chi connectivity index (χ4n) is 2.17. The maximum atomic E-state index is 13.0. The summed E-state index contributed by atoms with van der Waals surface area (Å²) in [5, 5.41) is 3.22. The molecule has 1 unspecified atom stereocenters. The molecular formula is C13H18FNO2. The van der Waals surface area contributed by atoms with Crippen LogP contribution in [0, 0.1) is 12.7 Å². The quantitative estimate of drug-likeness (QED) is 0.873. The number of ether oxygens (including phenoxy) is 2. The molecule has 1 aromatic rings. The van der Waals surface area contributed by atoms with E-state index >= 15 is 0 Å². The molecule has 0 saturated carbocycles. The van der Waals surface area contributed by atoms with E-state index in [2.05, 4.69) is 5.32 Å². The highest BCUT2D eigenvalue weighted by Gasteiger charge is 2.22. The maximum absolute atomic E-state index is 13.0. The first-order valence-corrected chi connectivity index (χ1v) is 5.87. The Bertz CT molecular complexity index is 378. The predicted octanol–water partition coefficient (Wildman–Crippen LogP) is 2.16. The van der Waals surface area contributed by atoms with Crippen molar-refractivity contribution in [1.82, 2.24) is 5.32 Å². The Morgan fingerprint density at radius 1 is 1.41 bits per heavy atom. The van der Waals surface area contributed by atoms with Crippen molar-refractivity contribution in [3.8, 4) is 0 Å². The van der Waals surface area contributed by atoms with Gasteiger partial charge in [0.2, 0.25) is 0 Å². The normalized spacial score (nSPS) is 18.5. The number of benzene rings is 1. The van der Waals surface area contributed by atoms with Crippen molar-refractivity contribution < 1.29 is 13.9 Å². The lowest BCUT2D eigenvalue weighted by Gasteiger charge is -2.21. The molecular weight excluding hydrogens is 221 g/mol. The lowest BCUT2D eigenvalue weighted by molar-refractivity contribution is -0.0526. The van der Waals surface area contributed by atoms with E-state index in [1.54, 1.807) is 6.07 Å². The lowest BCUT2D eigenvalue weighted by Crippen LogP contribution is -2.23. The second kappa shape index (κ2) is 5.58. The fraction of sp³-hybridized carbons (Fsp3) is 0.538. The molecule has 3 nitrogen and oxygen atoms in total. The van der Waals surface area contributed by atoms with Crippen molar-refractivity contribution in [2.45, 2.75) is 25.7 Å². The van der Waals surface area contributed by atoms with E-state index in [0.717, 1.165) is 17.5 Å². The first-order chi connectivity index (χ1) is 8.20. The molecule has 1 aliphatic rings. The SMILES string of the molecule is CNC(CC1OCCO1)c1ccc(F)cc1C. The Morgan fingerprint density at radius 2 is 2.12 bits per heavy atom. The van der Waals surface area contributed by atoms with Gasteiger partial charge in [-0.1, -0.05) is 6.07 Å². The van der Waals surface area contributed by atoms with Gasteiger partial charge in [0.1, 0.15) is 5.82 Å². The molecule has 0 amide bonds. The standard InChI is InChI=1S/C13H18FNO2/c1-9-7-10(14)3-4-11(9)12(15-2)8-13-16-5-6-17-13/h3-4,7,12-13,15H,5-6,8H2,1-2H3. The molecule has 1 saturated heterocycles. The Kier molecular flexibility index (Phi) is 4.10. The van der Waals surface area contributed by atoms with E-state index < -0.39 is 0 Å². The molecule has 94 valence electrons. The molecule has 1 heterocycles. The number of hydrogen-bond acceptors (Lipinski definition) is 3. The summed E-state index contributed by atoms with van der Waals surface area (Å²) in [7, 11) is 1.89. The number of aryl methyl sites for hydroxylation is 1. The predicted molar refractivity (Wildman–Crippen MR) is 63.2 cm³/mol. The summed E-state index contributed by atoms with van der Waals surface area (Å²) in [6.07, 6.45) is 0.583. The minimum Gasteiger partial charge on any atom is -0.350 e. The molecule has 4 heteroatoms. The van der Waals surface area contributed by atoms with Crippen LogP contribution in [0.3, 0.4) is 0 Å². The molecule has 0 aliphatic carbocycles. The van der Waals surface area contributed by atoms with Crippen LogP contribution < -0.4 is 5.32 Å². The van der Waals surface area contributed by atoms with Crippen LogP contribution in [0.1, 0.15) is 23.6 Å². The molecule has 0 spiro atoms. The van der Waals surface area contributed by atoms with Crippen molar-refractivity contribution in [2.24, 2.45) is 0 Å². The first kappa shape index (κ1) is 12.5. The van der Waals surface area contributed by atoms with Crippen LogP contribution in [0.25, 0.3) is 0 Å². The summed E-state index contributed by atoms with van der Waals surface area (Å²) in [6, 6.07) is 4.98. The summed E-state index contributed by atoms with van der Waals surface area (Å²) in [4.78, 5) is 0. The van der Waals surface area contributed by atoms with Crippen LogP contribution in [0.4, 0.5) is 4.39 Å². The summed E-state index contributed by atoms with van der Waals surface area (Å²) in [5.41, 5.74) is 2.04. The van der Waals surface area contributed by atoms with Gasteiger partial charge in [0.15, 0.2) is 6.29 Å². The zero-order valence-corrected chi connectivity index (χ0v) is 10.2. The first-order valence-electron chi connectivity index (χ1n) is 5.87. The fourth-order valence-corrected chi connectivity index (χ4v) is 2.17. The number of halogens is 1. The van der Waals surface area contributed by atoms with Crippen LogP contribution in [0.5, 0.6) is 0 Å². The molecule has 2 rings (SSSR count). The molecule has 0 aromatic heterocycles. The Balaban J connectivity index is 2.10. The highest BCUT2D eigenvalue weighted by Crippen LogP contribution is 2.25. The third-order valence-electron chi connectivity index (χ3n) is 3.07. The second-order valence-electron chi connectivity index (χ2n) is 4.25. The molecule has 1 atom stereocenters. The molecule has 17 heavy (non-hydrogen) atoms. The van der Waals surface area contributed by atoms with Gasteiger partial charge in [-0.15, -0.1) is 0 Å². The summed E-state index contributed by atoms with van der Waals surface area (Å²) in [6.45, 7) is 3.23. The molecule has 1 fully saturated rings. The van der Waals surface area contributed by atoms with E-state index in [9.17, 15) is 4.39 Å². The van der Waals surface area contributed by atoms with E-state index in [1.165, 1.54) is 6.07 Å². The number of hydrogen-bond donors (Lipinski definition) is 1. The van der Waals surface area contributed by atoms with Crippen LogP contribution >= 0.6 is 0 Å². The van der Waals surface area contributed by atoms with Crippen molar-refractivity contribution in [3.05, 3.63) is 35.1 Å². The minimum absolute atomic E-state index is 0.124. The van der Waals surface area contributed by atoms with Gasteiger partial charge in [-0.2, -0.15) is 0 Å². The molecule has 1 N–H and O–H groups in total. The van der Waals surface area contributed by atoms with E-state index in [-0.39, 0.29) is 18.1 Å².